The molecule has 3 heterocycles. The summed E-state index contributed by atoms with van der Waals surface area (Å²) in [6.45, 7) is 3.36. The monoisotopic (exact) mass is 450 g/mol. The Labute approximate surface area is 191 Å². The van der Waals surface area contributed by atoms with Crippen molar-refractivity contribution in [3.05, 3.63) is 78.3 Å². The summed E-state index contributed by atoms with van der Waals surface area (Å²) in [6.07, 6.45) is 5.81. The molecule has 2 aromatic carbocycles. The third-order valence-electron chi connectivity index (χ3n) is 6.54. The number of hydrogen-bond acceptors (Lipinski definition) is 4. The topological polar surface area (TPSA) is 61.8 Å². The molecule has 1 aliphatic rings. The van der Waals surface area contributed by atoms with Gasteiger partial charge in [-0.2, -0.15) is 0 Å². The highest BCUT2D eigenvalue weighted by atomic mass is 19.1. The molecule has 5 rings (SSSR count). The Morgan fingerprint density at radius 1 is 1.03 bits per heavy atom. The number of alkyl halides is 1. The standard InChI is InChI=1S/C25H28F2N6/c26-20-3-1-2-18(12-20)4-7-25(32-10-8-28-9-11-32)23(27)13-19-15-29-24-6-5-21(14-22(19)24)33-16-30-31-17-33/h1-3,5-6,12,14-17,23,25,28-29H,4,7-11,13H2. The van der Waals surface area contributed by atoms with Crippen LogP contribution in [0.2, 0.25) is 0 Å². The van der Waals surface area contributed by atoms with E-state index in [0.717, 1.165) is 53.9 Å². The summed E-state index contributed by atoms with van der Waals surface area (Å²) in [6, 6.07) is 12.4. The lowest BCUT2D eigenvalue weighted by molar-refractivity contribution is 0.0909. The molecule has 2 aromatic heterocycles. The first kappa shape index (κ1) is 21.7. The predicted octanol–water partition coefficient (Wildman–Crippen LogP) is 3.67. The number of piperazine rings is 1. The Morgan fingerprint density at radius 3 is 2.64 bits per heavy atom. The van der Waals surface area contributed by atoms with E-state index in [9.17, 15) is 4.39 Å². The van der Waals surface area contributed by atoms with Crippen LogP contribution in [0.3, 0.4) is 0 Å². The van der Waals surface area contributed by atoms with Crippen molar-refractivity contribution in [1.82, 2.24) is 30.0 Å². The Bertz CT molecular complexity index is 1180. The van der Waals surface area contributed by atoms with Gasteiger partial charge in [-0.3, -0.25) is 9.47 Å². The first-order chi connectivity index (χ1) is 16.2. The fraction of sp³-hybridized carbons (Fsp3) is 0.360. The van der Waals surface area contributed by atoms with Gasteiger partial charge in [0.15, 0.2) is 0 Å². The van der Waals surface area contributed by atoms with E-state index in [0.29, 0.717) is 19.3 Å². The summed E-state index contributed by atoms with van der Waals surface area (Å²) in [7, 11) is 0. The molecule has 2 atom stereocenters. The minimum absolute atomic E-state index is 0.221. The Morgan fingerprint density at radius 2 is 1.85 bits per heavy atom. The first-order valence-electron chi connectivity index (χ1n) is 11.5. The van der Waals surface area contributed by atoms with Gasteiger partial charge in [0.05, 0.1) is 0 Å². The SMILES string of the molecule is Fc1cccc(CCC(C(F)Cc2c[nH]c3ccc(-n4cnnc4)cc23)N2CCNCC2)c1. The van der Waals surface area contributed by atoms with Crippen LogP contribution in [0.25, 0.3) is 16.6 Å². The number of nitrogens with zero attached hydrogens (tertiary/aromatic N) is 4. The fourth-order valence-corrected chi connectivity index (χ4v) is 4.79. The second kappa shape index (κ2) is 9.80. The van der Waals surface area contributed by atoms with Crippen LogP contribution >= 0.6 is 0 Å². The number of rotatable bonds is 8. The average molecular weight is 451 g/mol. The molecule has 0 aliphatic carbocycles. The van der Waals surface area contributed by atoms with Gasteiger partial charge in [-0.05, 0) is 54.3 Å². The zero-order valence-electron chi connectivity index (χ0n) is 18.4. The third kappa shape index (κ3) is 4.96. The largest absolute Gasteiger partial charge is 0.361 e. The molecule has 2 unspecified atom stereocenters. The number of fused-ring (bicyclic) bond motifs is 1. The molecule has 0 spiro atoms. The zero-order chi connectivity index (χ0) is 22.6. The smallest absolute Gasteiger partial charge is 0.123 e. The summed E-state index contributed by atoms with van der Waals surface area (Å²) in [5.41, 5.74) is 3.78. The average Bonchev–Trinajstić information content (AvgIpc) is 3.50. The molecular formula is C25H28F2N6. The van der Waals surface area contributed by atoms with Gasteiger partial charge in [-0.15, -0.1) is 10.2 Å². The van der Waals surface area contributed by atoms with E-state index in [1.165, 1.54) is 6.07 Å². The summed E-state index contributed by atoms with van der Waals surface area (Å²) in [5.74, 6) is -0.245. The molecule has 4 aromatic rings. The van der Waals surface area contributed by atoms with Crippen molar-refractivity contribution < 1.29 is 8.78 Å². The van der Waals surface area contributed by atoms with Crippen LogP contribution in [0, 0.1) is 5.82 Å². The second-order valence-corrected chi connectivity index (χ2v) is 8.65. The van der Waals surface area contributed by atoms with Gasteiger partial charge in [0.2, 0.25) is 0 Å². The lowest BCUT2D eigenvalue weighted by Crippen LogP contribution is -2.52. The molecule has 172 valence electrons. The third-order valence-corrected chi connectivity index (χ3v) is 6.54. The lowest BCUT2D eigenvalue weighted by atomic mass is 9.95. The van der Waals surface area contributed by atoms with Crippen molar-refractivity contribution in [2.24, 2.45) is 0 Å². The fourth-order valence-electron chi connectivity index (χ4n) is 4.79. The van der Waals surface area contributed by atoms with E-state index in [1.54, 1.807) is 24.8 Å². The Hall–Kier alpha value is -3.10. The van der Waals surface area contributed by atoms with Crippen molar-refractivity contribution in [1.29, 1.82) is 0 Å². The predicted molar refractivity (Wildman–Crippen MR) is 125 cm³/mol. The summed E-state index contributed by atoms with van der Waals surface area (Å²) in [5, 5.41) is 12.1. The van der Waals surface area contributed by atoms with E-state index < -0.39 is 6.17 Å². The van der Waals surface area contributed by atoms with Crippen LogP contribution in [-0.4, -0.2) is 63.0 Å². The minimum atomic E-state index is -1.03. The van der Waals surface area contributed by atoms with E-state index >= 15 is 4.39 Å². The maximum absolute atomic E-state index is 15.9. The maximum atomic E-state index is 15.9. The van der Waals surface area contributed by atoms with E-state index in [1.807, 2.05) is 35.0 Å². The molecule has 0 saturated carbocycles. The molecule has 8 heteroatoms. The number of aromatic amines is 1. The summed E-state index contributed by atoms with van der Waals surface area (Å²) < 4.78 is 31.4. The lowest BCUT2D eigenvalue weighted by Gasteiger charge is -2.37. The Balaban J connectivity index is 1.36. The van der Waals surface area contributed by atoms with Crippen molar-refractivity contribution in [2.45, 2.75) is 31.5 Å². The summed E-state index contributed by atoms with van der Waals surface area (Å²) >= 11 is 0. The van der Waals surface area contributed by atoms with Gasteiger partial charge in [-0.25, -0.2) is 8.78 Å². The zero-order valence-corrected chi connectivity index (χ0v) is 18.4. The molecule has 1 fully saturated rings. The molecule has 0 radical (unpaired) electrons. The molecule has 2 N–H and O–H groups in total. The van der Waals surface area contributed by atoms with Crippen LogP contribution in [0.15, 0.2) is 61.3 Å². The van der Waals surface area contributed by atoms with Crippen LogP contribution < -0.4 is 5.32 Å². The van der Waals surface area contributed by atoms with Crippen LogP contribution in [0.5, 0.6) is 0 Å². The van der Waals surface area contributed by atoms with Crippen molar-refractivity contribution in [3.63, 3.8) is 0 Å². The summed E-state index contributed by atoms with van der Waals surface area (Å²) in [4.78, 5) is 5.52. The highest BCUT2D eigenvalue weighted by Gasteiger charge is 2.29. The van der Waals surface area contributed by atoms with Crippen molar-refractivity contribution in [2.75, 3.05) is 26.2 Å². The van der Waals surface area contributed by atoms with Crippen molar-refractivity contribution >= 4 is 10.9 Å². The number of aromatic nitrogens is 4. The van der Waals surface area contributed by atoms with Crippen molar-refractivity contribution in [3.8, 4) is 5.69 Å². The number of nitrogens with one attached hydrogen (secondary N) is 2. The molecule has 1 aliphatic heterocycles. The highest BCUT2D eigenvalue weighted by molar-refractivity contribution is 5.85. The van der Waals surface area contributed by atoms with Gasteiger partial charge in [0.1, 0.15) is 24.6 Å². The maximum Gasteiger partial charge on any atom is 0.123 e. The molecule has 0 bridgehead atoms. The van der Waals surface area contributed by atoms with E-state index in [-0.39, 0.29) is 11.9 Å². The number of aryl methyl sites for hydroxylation is 1. The van der Waals surface area contributed by atoms with E-state index in [4.69, 9.17) is 0 Å². The van der Waals surface area contributed by atoms with Crippen LogP contribution in [0.4, 0.5) is 8.78 Å². The quantitative estimate of drug-likeness (QED) is 0.430. The number of halogens is 2. The van der Waals surface area contributed by atoms with E-state index in [2.05, 4.69) is 25.4 Å². The van der Waals surface area contributed by atoms with Gasteiger partial charge in [0.25, 0.3) is 0 Å². The number of H-pyrrole nitrogens is 1. The molecule has 33 heavy (non-hydrogen) atoms. The molecule has 1 saturated heterocycles. The van der Waals surface area contributed by atoms with Gasteiger partial charge >= 0.3 is 0 Å². The first-order valence-corrected chi connectivity index (χ1v) is 11.5. The van der Waals surface area contributed by atoms with Gasteiger partial charge < -0.3 is 10.3 Å². The Kier molecular flexibility index (Phi) is 6.46. The second-order valence-electron chi connectivity index (χ2n) is 8.65. The molecule has 0 amide bonds. The number of hydrogen-bond donors (Lipinski definition) is 2. The number of benzene rings is 2. The molecule has 6 nitrogen and oxygen atoms in total. The van der Waals surface area contributed by atoms with Gasteiger partial charge in [-0.1, -0.05) is 12.1 Å². The normalized spacial score (nSPS) is 16.8. The van der Waals surface area contributed by atoms with Crippen LogP contribution in [0.1, 0.15) is 17.5 Å². The highest BCUT2D eigenvalue weighted by Crippen LogP contribution is 2.26. The van der Waals surface area contributed by atoms with Crippen LogP contribution in [-0.2, 0) is 12.8 Å². The molecular weight excluding hydrogens is 422 g/mol. The van der Waals surface area contributed by atoms with Gasteiger partial charge in [0, 0.05) is 61.4 Å². The minimum Gasteiger partial charge on any atom is -0.361 e.